The first kappa shape index (κ1) is 16.9. The van der Waals surface area contributed by atoms with Gasteiger partial charge in [0.05, 0.1) is 16.2 Å². The Hall–Kier alpha value is -3.94. The van der Waals surface area contributed by atoms with Crippen molar-refractivity contribution in [1.82, 2.24) is 15.4 Å². The molecule has 130 valence electrons. The Labute approximate surface area is 148 Å². The number of nitro groups is 1. The van der Waals surface area contributed by atoms with Gasteiger partial charge in [-0.1, -0.05) is 18.2 Å². The molecule has 0 saturated carbocycles. The Kier molecular flexibility index (Phi) is 4.75. The van der Waals surface area contributed by atoms with Gasteiger partial charge in [0.15, 0.2) is 0 Å². The lowest BCUT2D eigenvalue weighted by Crippen LogP contribution is -2.42. The van der Waals surface area contributed by atoms with Crippen LogP contribution in [0.2, 0.25) is 0 Å². The lowest BCUT2D eigenvalue weighted by atomic mass is 10.1. The van der Waals surface area contributed by atoms with E-state index in [0.29, 0.717) is 11.3 Å². The van der Waals surface area contributed by atoms with Gasteiger partial charge in [-0.2, -0.15) is 0 Å². The second-order valence-corrected chi connectivity index (χ2v) is 5.32. The van der Waals surface area contributed by atoms with E-state index in [2.05, 4.69) is 10.9 Å². The molecule has 1 aromatic heterocycles. The summed E-state index contributed by atoms with van der Waals surface area (Å²) in [7, 11) is 0. The van der Waals surface area contributed by atoms with Crippen molar-refractivity contribution in [2.75, 3.05) is 0 Å². The minimum atomic E-state index is -0.652. The molecule has 0 aliphatic heterocycles. The van der Waals surface area contributed by atoms with Crippen molar-refractivity contribution < 1.29 is 14.5 Å². The zero-order valence-corrected chi connectivity index (χ0v) is 13.5. The molecule has 0 atom stereocenters. The highest BCUT2D eigenvalue weighted by molar-refractivity contribution is 6.01. The van der Waals surface area contributed by atoms with Crippen LogP contribution in [-0.4, -0.2) is 21.3 Å². The van der Waals surface area contributed by atoms with Gasteiger partial charge in [0.2, 0.25) is 0 Å². The highest BCUT2D eigenvalue weighted by Gasteiger charge is 2.15. The van der Waals surface area contributed by atoms with Crippen molar-refractivity contribution in [3.63, 3.8) is 0 Å². The predicted molar refractivity (Wildman–Crippen MR) is 93.8 cm³/mol. The maximum Gasteiger partial charge on any atom is 0.271 e. The van der Waals surface area contributed by atoms with Crippen LogP contribution in [-0.2, 0) is 0 Å². The number of rotatable bonds is 4. The molecule has 0 spiro atoms. The van der Waals surface area contributed by atoms with Crippen molar-refractivity contribution in [1.29, 1.82) is 0 Å². The first-order valence-electron chi connectivity index (χ1n) is 7.64. The molecule has 0 unspecified atom stereocenters. The van der Waals surface area contributed by atoms with E-state index in [0.717, 1.165) is 6.07 Å². The third-order valence-electron chi connectivity index (χ3n) is 3.64. The number of hydrogen-bond acceptors (Lipinski definition) is 4. The van der Waals surface area contributed by atoms with Crippen LogP contribution in [0.3, 0.4) is 0 Å². The largest absolute Gasteiger partial charge is 0.323 e. The van der Waals surface area contributed by atoms with E-state index in [1.807, 2.05) is 12.1 Å². The van der Waals surface area contributed by atoms with Crippen LogP contribution in [0.4, 0.5) is 5.69 Å². The molecule has 1 heterocycles. The van der Waals surface area contributed by atoms with Gasteiger partial charge in [-0.15, -0.1) is 0 Å². The number of benzene rings is 2. The second-order valence-electron chi connectivity index (χ2n) is 5.32. The van der Waals surface area contributed by atoms with Crippen LogP contribution in [0.15, 0.2) is 73.1 Å². The second kappa shape index (κ2) is 7.31. The Morgan fingerprint density at radius 1 is 0.885 bits per heavy atom. The maximum atomic E-state index is 12.4. The summed E-state index contributed by atoms with van der Waals surface area (Å²) in [6.07, 6.45) is 3.60. The van der Waals surface area contributed by atoms with Crippen LogP contribution in [0, 0.1) is 10.1 Å². The summed E-state index contributed by atoms with van der Waals surface area (Å²) in [5.41, 5.74) is 5.47. The number of nitro benzene ring substituents is 1. The SMILES string of the molecule is O=C(NNC(=O)c1ccccc1-n1cccc1)c1cccc([N+](=O)[O-])c1. The highest BCUT2D eigenvalue weighted by atomic mass is 16.6. The molecule has 2 aromatic carbocycles. The minimum absolute atomic E-state index is 0.0678. The van der Waals surface area contributed by atoms with Crippen LogP contribution < -0.4 is 10.9 Å². The number of non-ortho nitro benzene ring substituents is 1. The summed E-state index contributed by atoms with van der Waals surface area (Å²) in [6, 6.07) is 15.8. The summed E-state index contributed by atoms with van der Waals surface area (Å²) >= 11 is 0. The number of carbonyl (C=O) groups is 2. The Morgan fingerprint density at radius 2 is 1.58 bits per heavy atom. The average Bonchev–Trinajstić information content (AvgIpc) is 3.20. The van der Waals surface area contributed by atoms with Gasteiger partial charge in [-0.05, 0) is 30.3 Å². The standard InChI is InChI=1S/C18H14N4O4/c23-17(13-6-5-7-14(12-13)22(25)26)19-20-18(24)15-8-1-2-9-16(15)21-10-3-4-11-21/h1-12H,(H,19,23)(H,20,24). The molecular weight excluding hydrogens is 336 g/mol. The number of aromatic nitrogens is 1. The van der Waals surface area contributed by atoms with Gasteiger partial charge in [-0.25, -0.2) is 0 Å². The molecule has 0 radical (unpaired) electrons. The van der Waals surface area contributed by atoms with E-state index >= 15 is 0 Å². The zero-order chi connectivity index (χ0) is 18.5. The van der Waals surface area contributed by atoms with E-state index in [9.17, 15) is 19.7 Å². The monoisotopic (exact) mass is 350 g/mol. The van der Waals surface area contributed by atoms with E-state index in [1.165, 1.54) is 18.2 Å². The van der Waals surface area contributed by atoms with Gasteiger partial charge >= 0.3 is 0 Å². The lowest BCUT2D eigenvalue weighted by molar-refractivity contribution is -0.384. The molecule has 0 aliphatic rings. The smallest absolute Gasteiger partial charge is 0.271 e. The van der Waals surface area contributed by atoms with Crippen molar-refractivity contribution >= 4 is 17.5 Å². The fourth-order valence-electron chi connectivity index (χ4n) is 2.40. The number of nitrogens with one attached hydrogen (secondary N) is 2. The summed E-state index contributed by atoms with van der Waals surface area (Å²) in [4.78, 5) is 34.7. The van der Waals surface area contributed by atoms with E-state index < -0.39 is 16.7 Å². The number of carbonyl (C=O) groups excluding carboxylic acids is 2. The number of nitrogens with zero attached hydrogens (tertiary/aromatic N) is 2. The predicted octanol–water partition coefficient (Wildman–Crippen LogP) is 2.46. The van der Waals surface area contributed by atoms with Crippen LogP contribution in [0.5, 0.6) is 0 Å². The first-order valence-corrected chi connectivity index (χ1v) is 7.64. The van der Waals surface area contributed by atoms with Gasteiger partial charge in [0.1, 0.15) is 0 Å². The fraction of sp³-hybridized carbons (Fsp3) is 0. The lowest BCUT2D eigenvalue weighted by Gasteiger charge is -2.11. The molecule has 2 amide bonds. The Bertz CT molecular complexity index is 967. The third kappa shape index (κ3) is 3.59. The summed E-state index contributed by atoms with van der Waals surface area (Å²) in [5, 5.41) is 10.8. The van der Waals surface area contributed by atoms with Gasteiger partial charge in [0.25, 0.3) is 17.5 Å². The Balaban J connectivity index is 1.73. The molecule has 0 aliphatic carbocycles. The molecule has 8 nitrogen and oxygen atoms in total. The summed E-state index contributed by atoms with van der Waals surface area (Å²) in [5.74, 6) is -1.16. The van der Waals surface area contributed by atoms with E-state index in [4.69, 9.17) is 0 Å². The topological polar surface area (TPSA) is 106 Å². The third-order valence-corrected chi connectivity index (χ3v) is 3.64. The van der Waals surface area contributed by atoms with E-state index in [-0.39, 0.29) is 11.3 Å². The molecule has 2 N–H and O–H groups in total. The molecule has 0 bridgehead atoms. The molecule has 0 fully saturated rings. The van der Waals surface area contributed by atoms with Crippen LogP contribution >= 0.6 is 0 Å². The number of hydrogen-bond donors (Lipinski definition) is 2. The quantitative estimate of drug-likeness (QED) is 0.557. The normalized spacial score (nSPS) is 10.2. The van der Waals surface area contributed by atoms with Gasteiger partial charge < -0.3 is 4.57 Å². The molecular formula is C18H14N4O4. The number of amides is 2. The highest BCUT2D eigenvalue weighted by Crippen LogP contribution is 2.15. The van der Waals surface area contributed by atoms with Crippen molar-refractivity contribution in [2.24, 2.45) is 0 Å². The van der Waals surface area contributed by atoms with Crippen LogP contribution in [0.25, 0.3) is 5.69 Å². The number of para-hydroxylation sites is 1. The molecule has 26 heavy (non-hydrogen) atoms. The van der Waals surface area contributed by atoms with Crippen molar-refractivity contribution in [3.05, 3.63) is 94.3 Å². The molecule has 8 heteroatoms. The van der Waals surface area contributed by atoms with Gasteiger partial charge in [0, 0.05) is 30.1 Å². The average molecular weight is 350 g/mol. The van der Waals surface area contributed by atoms with E-state index in [1.54, 1.807) is 41.2 Å². The van der Waals surface area contributed by atoms with Crippen molar-refractivity contribution in [2.45, 2.75) is 0 Å². The molecule has 3 rings (SSSR count). The maximum absolute atomic E-state index is 12.4. The molecule has 0 saturated heterocycles. The Morgan fingerprint density at radius 3 is 2.31 bits per heavy atom. The zero-order valence-electron chi connectivity index (χ0n) is 13.5. The number of hydrazine groups is 1. The first-order chi connectivity index (χ1) is 12.6. The summed E-state index contributed by atoms with van der Waals surface area (Å²) in [6.45, 7) is 0. The van der Waals surface area contributed by atoms with Gasteiger partial charge in [-0.3, -0.25) is 30.6 Å². The van der Waals surface area contributed by atoms with Crippen molar-refractivity contribution in [3.8, 4) is 5.69 Å². The summed E-state index contributed by atoms with van der Waals surface area (Å²) < 4.78 is 1.78. The van der Waals surface area contributed by atoms with Crippen LogP contribution in [0.1, 0.15) is 20.7 Å². The molecule has 3 aromatic rings. The fourth-order valence-corrected chi connectivity index (χ4v) is 2.40. The minimum Gasteiger partial charge on any atom is -0.323 e.